The van der Waals surface area contributed by atoms with Gasteiger partial charge in [-0.2, -0.15) is 13.2 Å². The summed E-state index contributed by atoms with van der Waals surface area (Å²) in [5, 5.41) is 4.46. The van der Waals surface area contributed by atoms with E-state index in [-0.39, 0.29) is 17.3 Å². The Labute approximate surface area is 200 Å². The molecule has 2 heterocycles. The molecule has 1 aromatic heterocycles. The zero-order valence-corrected chi connectivity index (χ0v) is 20.1. The topological polar surface area (TPSA) is 54.5 Å². The van der Waals surface area contributed by atoms with Crippen molar-refractivity contribution in [3.63, 3.8) is 0 Å². The number of aromatic nitrogens is 1. The second-order valence-corrected chi connectivity index (χ2v) is 9.42. The third-order valence-corrected chi connectivity index (χ3v) is 6.64. The normalized spacial score (nSPS) is 14.5. The highest BCUT2D eigenvalue weighted by atomic mass is 32.2. The van der Waals surface area contributed by atoms with Crippen molar-refractivity contribution in [2.75, 3.05) is 42.3 Å². The molecule has 1 amide bonds. The van der Waals surface area contributed by atoms with Gasteiger partial charge in [-0.3, -0.25) is 4.79 Å². The molecule has 1 saturated heterocycles. The number of rotatable bonds is 5. The number of ether oxygens (including phenoxy) is 1. The van der Waals surface area contributed by atoms with Gasteiger partial charge >= 0.3 is 6.18 Å². The zero-order valence-electron chi connectivity index (χ0n) is 19.3. The summed E-state index contributed by atoms with van der Waals surface area (Å²) < 4.78 is 45.3. The predicted octanol–water partition coefficient (Wildman–Crippen LogP) is 5.75. The Kier molecular flexibility index (Phi) is 7.04. The van der Waals surface area contributed by atoms with Crippen LogP contribution in [0.15, 0.2) is 41.4 Å². The van der Waals surface area contributed by atoms with E-state index in [9.17, 15) is 18.0 Å². The number of pyridine rings is 1. The van der Waals surface area contributed by atoms with Gasteiger partial charge in [0, 0.05) is 18.5 Å². The summed E-state index contributed by atoms with van der Waals surface area (Å²) in [6.07, 6.45) is -4.50. The zero-order chi connectivity index (χ0) is 24.5. The van der Waals surface area contributed by atoms with Crippen LogP contribution in [0.1, 0.15) is 22.3 Å². The van der Waals surface area contributed by atoms with E-state index in [0.717, 1.165) is 39.7 Å². The number of thioether (sulfide) groups is 1. The van der Waals surface area contributed by atoms with E-state index in [1.807, 2.05) is 31.7 Å². The molecule has 0 bridgehead atoms. The number of nitrogens with one attached hydrogen (secondary N) is 1. The summed E-state index contributed by atoms with van der Waals surface area (Å²) in [5.41, 5.74) is 4.07. The van der Waals surface area contributed by atoms with E-state index in [4.69, 9.17) is 9.72 Å². The highest BCUT2D eigenvalue weighted by Gasteiger charge is 2.32. The second-order valence-electron chi connectivity index (χ2n) is 8.42. The van der Waals surface area contributed by atoms with Crippen LogP contribution in [0.25, 0.3) is 10.9 Å². The Balaban J connectivity index is 1.53. The number of morpholine rings is 1. The van der Waals surface area contributed by atoms with Crippen molar-refractivity contribution in [3.8, 4) is 0 Å². The van der Waals surface area contributed by atoms with Crippen LogP contribution in [0.5, 0.6) is 0 Å². The number of amides is 1. The van der Waals surface area contributed by atoms with Crippen LogP contribution in [-0.4, -0.2) is 42.9 Å². The SMILES string of the molecule is Cc1cc(C)c2nc(SCC(=O)Nc3cc(C(F)(F)F)ccc3N3CCOCC3)cc(C)c2c1. The van der Waals surface area contributed by atoms with Gasteiger partial charge in [0.05, 0.1) is 46.4 Å². The van der Waals surface area contributed by atoms with Crippen molar-refractivity contribution >= 4 is 39.9 Å². The van der Waals surface area contributed by atoms with Crippen molar-refractivity contribution in [2.45, 2.75) is 32.0 Å². The molecule has 0 aliphatic carbocycles. The standard InChI is InChI=1S/C25H26F3N3O2S/c1-15-10-17(3)24-19(11-15)16(2)12-23(30-24)34-14-22(32)29-20-13-18(25(26,27)28)4-5-21(20)31-6-8-33-9-7-31/h4-5,10-13H,6-9,14H2,1-3H3,(H,29,32). The van der Waals surface area contributed by atoms with E-state index in [1.54, 1.807) is 0 Å². The van der Waals surface area contributed by atoms with E-state index < -0.39 is 11.7 Å². The lowest BCUT2D eigenvalue weighted by Crippen LogP contribution is -2.37. The van der Waals surface area contributed by atoms with Gasteiger partial charge in [-0.25, -0.2) is 4.98 Å². The first-order valence-corrected chi connectivity index (χ1v) is 12.0. The fourth-order valence-corrected chi connectivity index (χ4v) is 4.87. The van der Waals surface area contributed by atoms with Gasteiger partial charge in [-0.1, -0.05) is 23.4 Å². The fraction of sp³-hybridized carbons (Fsp3) is 0.360. The largest absolute Gasteiger partial charge is 0.416 e. The number of nitrogens with zero attached hydrogens (tertiary/aromatic N) is 2. The fourth-order valence-electron chi connectivity index (χ4n) is 4.11. The maximum atomic E-state index is 13.3. The van der Waals surface area contributed by atoms with E-state index >= 15 is 0 Å². The van der Waals surface area contributed by atoms with Gasteiger partial charge in [0.1, 0.15) is 0 Å². The number of anilines is 2. The summed E-state index contributed by atoms with van der Waals surface area (Å²) in [5.74, 6) is -0.360. The molecule has 3 aromatic rings. The molecule has 9 heteroatoms. The van der Waals surface area contributed by atoms with Gasteiger partial charge in [0.2, 0.25) is 5.91 Å². The van der Waals surface area contributed by atoms with Crippen LogP contribution in [-0.2, 0) is 15.7 Å². The molecule has 0 unspecified atom stereocenters. The number of fused-ring (bicyclic) bond motifs is 1. The van der Waals surface area contributed by atoms with Crippen LogP contribution < -0.4 is 10.2 Å². The molecular weight excluding hydrogens is 463 g/mol. The summed E-state index contributed by atoms with van der Waals surface area (Å²) >= 11 is 1.26. The van der Waals surface area contributed by atoms with Gasteiger partial charge in [-0.15, -0.1) is 0 Å². The van der Waals surface area contributed by atoms with Crippen molar-refractivity contribution in [2.24, 2.45) is 0 Å². The van der Waals surface area contributed by atoms with Crippen molar-refractivity contribution in [1.82, 2.24) is 4.98 Å². The Hall–Kier alpha value is -2.78. The number of benzene rings is 2. The lowest BCUT2D eigenvalue weighted by molar-refractivity contribution is -0.137. The molecule has 0 spiro atoms. The van der Waals surface area contributed by atoms with Crippen molar-refractivity contribution in [1.29, 1.82) is 0 Å². The quantitative estimate of drug-likeness (QED) is 0.463. The molecule has 34 heavy (non-hydrogen) atoms. The average molecular weight is 490 g/mol. The first-order chi connectivity index (χ1) is 16.1. The van der Waals surface area contributed by atoms with E-state index in [1.165, 1.54) is 17.8 Å². The number of carbonyl (C=O) groups excluding carboxylic acids is 1. The summed E-state index contributed by atoms with van der Waals surface area (Å²) in [4.78, 5) is 19.4. The molecule has 1 fully saturated rings. The molecule has 5 nitrogen and oxygen atoms in total. The number of hydrogen-bond donors (Lipinski definition) is 1. The molecular formula is C25H26F3N3O2S. The minimum Gasteiger partial charge on any atom is -0.378 e. The number of aryl methyl sites for hydroxylation is 3. The van der Waals surface area contributed by atoms with Crippen LogP contribution >= 0.6 is 11.8 Å². The van der Waals surface area contributed by atoms with Crippen molar-refractivity contribution in [3.05, 3.63) is 58.7 Å². The molecule has 2 aromatic carbocycles. The number of hydrogen-bond acceptors (Lipinski definition) is 5. The Morgan fingerprint density at radius 2 is 1.82 bits per heavy atom. The Morgan fingerprint density at radius 1 is 1.09 bits per heavy atom. The first-order valence-electron chi connectivity index (χ1n) is 11.0. The van der Waals surface area contributed by atoms with Gasteiger partial charge in [0.15, 0.2) is 0 Å². The van der Waals surface area contributed by atoms with Gasteiger partial charge in [-0.05, 0) is 62.2 Å². The maximum Gasteiger partial charge on any atom is 0.416 e. The summed E-state index contributed by atoms with van der Waals surface area (Å²) in [7, 11) is 0. The monoisotopic (exact) mass is 489 g/mol. The van der Waals surface area contributed by atoms with E-state index in [0.29, 0.717) is 37.0 Å². The molecule has 0 atom stereocenters. The van der Waals surface area contributed by atoms with Crippen LogP contribution in [0, 0.1) is 20.8 Å². The lowest BCUT2D eigenvalue weighted by atomic mass is 10.0. The van der Waals surface area contributed by atoms with Crippen LogP contribution in [0.2, 0.25) is 0 Å². The minimum absolute atomic E-state index is 0.0294. The molecule has 4 rings (SSSR count). The molecule has 180 valence electrons. The lowest BCUT2D eigenvalue weighted by Gasteiger charge is -2.31. The minimum atomic E-state index is -4.50. The van der Waals surface area contributed by atoms with Crippen molar-refractivity contribution < 1.29 is 22.7 Å². The van der Waals surface area contributed by atoms with Crippen LogP contribution in [0.3, 0.4) is 0 Å². The van der Waals surface area contributed by atoms with E-state index in [2.05, 4.69) is 17.4 Å². The molecule has 0 saturated carbocycles. The third-order valence-electron chi connectivity index (χ3n) is 5.73. The summed E-state index contributed by atoms with van der Waals surface area (Å²) in [6.45, 7) is 8.10. The molecule has 1 aliphatic rings. The molecule has 1 N–H and O–H groups in total. The first kappa shape index (κ1) is 24.3. The number of carbonyl (C=O) groups is 1. The summed E-state index contributed by atoms with van der Waals surface area (Å²) in [6, 6.07) is 9.54. The molecule has 1 aliphatic heterocycles. The third kappa shape index (κ3) is 5.47. The predicted molar refractivity (Wildman–Crippen MR) is 130 cm³/mol. The number of alkyl halides is 3. The molecule has 0 radical (unpaired) electrons. The van der Waals surface area contributed by atoms with Gasteiger partial charge in [0.25, 0.3) is 0 Å². The highest BCUT2D eigenvalue weighted by molar-refractivity contribution is 7.99. The smallest absolute Gasteiger partial charge is 0.378 e. The van der Waals surface area contributed by atoms with Gasteiger partial charge < -0.3 is 15.0 Å². The Morgan fingerprint density at radius 3 is 2.53 bits per heavy atom. The van der Waals surface area contributed by atoms with Crippen LogP contribution in [0.4, 0.5) is 24.5 Å². The Bertz CT molecular complexity index is 1220. The second kappa shape index (κ2) is 9.84. The maximum absolute atomic E-state index is 13.3. The number of halogens is 3. The highest BCUT2D eigenvalue weighted by Crippen LogP contribution is 2.36. The average Bonchev–Trinajstić information content (AvgIpc) is 2.78.